The number of carbonyl (C=O) groups is 1. The average molecular weight is 319 g/mol. The second kappa shape index (κ2) is 5.48. The van der Waals surface area contributed by atoms with E-state index < -0.39 is 0 Å². The van der Waals surface area contributed by atoms with E-state index in [1.165, 1.54) is 5.57 Å². The quantitative estimate of drug-likeness (QED) is 0.463. The molecule has 0 saturated heterocycles. The van der Waals surface area contributed by atoms with Crippen LogP contribution in [0.5, 0.6) is 0 Å². The molecule has 0 heterocycles. The van der Waals surface area contributed by atoms with Gasteiger partial charge in [0.1, 0.15) is 0 Å². The third kappa shape index (κ3) is 3.08. The minimum absolute atomic E-state index is 0.106. The zero-order valence-electron chi connectivity index (χ0n) is 11.7. The molecule has 1 fully saturated rings. The molecule has 19 heavy (non-hydrogen) atoms. The normalized spacial score (nSPS) is 24.9. The van der Waals surface area contributed by atoms with Gasteiger partial charge in [0.15, 0.2) is 0 Å². The van der Waals surface area contributed by atoms with Gasteiger partial charge in [-0.3, -0.25) is 0 Å². The first-order valence-corrected chi connectivity index (χ1v) is 8.25. The summed E-state index contributed by atoms with van der Waals surface area (Å²) in [6.45, 7) is 10.5. The Morgan fingerprint density at radius 3 is 2.47 bits per heavy atom. The summed E-state index contributed by atoms with van der Waals surface area (Å²) in [5, 5.41) is 0. The fourth-order valence-electron chi connectivity index (χ4n) is 2.90. The molecular formula is C17H20OSe. The van der Waals surface area contributed by atoms with E-state index in [4.69, 9.17) is 0 Å². The SMILES string of the molecule is C=C[C@@H]1[C@@H](/C(C)=C/C(=O)[Se]c2ccccc2)C1(C)C. The number of hydrogen-bond donors (Lipinski definition) is 0. The second-order valence-corrected chi connectivity index (χ2v) is 7.94. The fourth-order valence-corrected chi connectivity index (χ4v) is 4.51. The second-order valence-electron chi connectivity index (χ2n) is 5.68. The summed E-state index contributed by atoms with van der Waals surface area (Å²) in [6, 6.07) is 9.99. The molecule has 2 atom stereocenters. The molecule has 1 aromatic carbocycles. The van der Waals surface area contributed by atoms with E-state index in [1.807, 2.05) is 42.5 Å². The topological polar surface area (TPSA) is 17.1 Å². The van der Waals surface area contributed by atoms with Gasteiger partial charge in [0.05, 0.1) is 0 Å². The molecule has 1 nitrogen and oxygen atoms in total. The van der Waals surface area contributed by atoms with Gasteiger partial charge in [-0.05, 0) is 0 Å². The van der Waals surface area contributed by atoms with Crippen molar-refractivity contribution in [3.63, 3.8) is 0 Å². The van der Waals surface area contributed by atoms with Crippen molar-refractivity contribution in [1.29, 1.82) is 0 Å². The summed E-state index contributed by atoms with van der Waals surface area (Å²) in [5.74, 6) is 1.00. The van der Waals surface area contributed by atoms with Crippen LogP contribution in [0.4, 0.5) is 0 Å². The van der Waals surface area contributed by atoms with Gasteiger partial charge in [-0.25, -0.2) is 0 Å². The van der Waals surface area contributed by atoms with Crippen LogP contribution < -0.4 is 4.46 Å². The van der Waals surface area contributed by atoms with Crippen molar-refractivity contribution in [2.45, 2.75) is 20.8 Å². The summed E-state index contributed by atoms with van der Waals surface area (Å²) in [4.78, 5) is 12.1. The minimum atomic E-state index is -0.106. The number of allylic oxidation sites excluding steroid dienone is 3. The van der Waals surface area contributed by atoms with Gasteiger partial charge in [0.2, 0.25) is 0 Å². The Labute approximate surface area is 122 Å². The Balaban J connectivity index is 2.02. The van der Waals surface area contributed by atoms with Gasteiger partial charge in [0.25, 0.3) is 0 Å². The summed E-state index contributed by atoms with van der Waals surface area (Å²) in [7, 11) is 0. The van der Waals surface area contributed by atoms with E-state index >= 15 is 0 Å². The van der Waals surface area contributed by atoms with E-state index in [1.54, 1.807) is 0 Å². The van der Waals surface area contributed by atoms with Crippen LogP contribution in [0, 0.1) is 17.3 Å². The molecule has 0 aromatic heterocycles. The molecule has 100 valence electrons. The van der Waals surface area contributed by atoms with Crippen LogP contribution in [-0.4, -0.2) is 19.6 Å². The first kappa shape index (κ1) is 14.3. The van der Waals surface area contributed by atoms with Crippen LogP contribution in [0.3, 0.4) is 0 Å². The number of carbonyl (C=O) groups excluding carboxylic acids is 1. The molecule has 1 aliphatic rings. The van der Waals surface area contributed by atoms with Crippen molar-refractivity contribution >= 4 is 24.1 Å². The van der Waals surface area contributed by atoms with Crippen molar-refractivity contribution in [1.82, 2.24) is 0 Å². The average Bonchev–Trinajstić information content (AvgIpc) is 2.92. The number of hydrogen-bond acceptors (Lipinski definition) is 1. The van der Waals surface area contributed by atoms with Crippen LogP contribution >= 0.6 is 0 Å². The Morgan fingerprint density at radius 1 is 1.32 bits per heavy atom. The Hall–Kier alpha value is -1.11. The molecule has 0 spiro atoms. The van der Waals surface area contributed by atoms with Crippen LogP contribution in [0.25, 0.3) is 0 Å². The molecule has 0 N–H and O–H groups in total. The number of rotatable bonds is 5. The molecule has 0 bridgehead atoms. The van der Waals surface area contributed by atoms with Gasteiger partial charge in [-0.1, -0.05) is 0 Å². The molecule has 0 amide bonds. The maximum absolute atomic E-state index is 12.1. The van der Waals surface area contributed by atoms with Crippen molar-refractivity contribution in [3.05, 3.63) is 54.6 Å². The molecule has 0 unspecified atom stereocenters. The van der Waals surface area contributed by atoms with Gasteiger partial charge in [0, 0.05) is 0 Å². The Bertz CT molecular complexity index is 513. The predicted molar refractivity (Wildman–Crippen MR) is 81.6 cm³/mol. The molecule has 1 aromatic rings. The standard InChI is InChI=1S/C17H20OSe/c1-5-14-16(17(14,3)4)12(2)11-15(18)19-13-9-7-6-8-10-13/h5-11,14,16H,1H2,2-4H3/b12-11+/t14-,16-/m1/s1. The zero-order valence-corrected chi connectivity index (χ0v) is 13.4. The van der Waals surface area contributed by atoms with E-state index in [0.29, 0.717) is 11.8 Å². The third-order valence-electron chi connectivity index (χ3n) is 3.96. The molecular weight excluding hydrogens is 299 g/mol. The maximum atomic E-state index is 12.1. The van der Waals surface area contributed by atoms with Gasteiger partial charge < -0.3 is 0 Å². The molecule has 2 rings (SSSR count). The number of benzene rings is 1. The van der Waals surface area contributed by atoms with Gasteiger partial charge in [-0.2, -0.15) is 0 Å². The Kier molecular flexibility index (Phi) is 4.13. The zero-order chi connectivity index (χ0) is 14.0. The van der Waals surface area contributed by atoms with Gasteiger partial charge in [-0.15, -0.1) is 0 Å². The third-order valence-corrected chi connectivity index (χ3v) is 5.70. The molecule has 1 aliphatic carbocycles. The molecule has 2 heteroatoms. The first-order valence-electron chi connectivity index (χ1n) is 6.54. The fraction of sp³-hybridized carbons (Fsp3) is 0.353. The van der Waals surface area contributed by atoms with Crippen LogP contribution in [-0.2, 0) is 4.79 Å². The molecule has 1 saturated carbocycles. The van der Waals surface area contributed by atoms with E-state index in [-0.39, 0.29) is 25.1 Å². The first-order chi connectivity index (χ1) is 8.96. The van der Waals surface area contributed by atoms with Crippen LogP contribution in [0.15, 0.2) is 54.6 Å². The van der Waals surface area contributed by atoms with Gasteiger partial charge >= 0.3 is 122 Å². The molecule has 0 aliphatic heterocycles. The molecule has 0 radical (unpaired) electrons. The summed E-state index contributed by atoms with van der Waals surface area (Å²) in [6.07, 6.45) is 3.87. The monoisotopic (exact) mass is 320 g/mol. The predicted octanol–water partition coefficient (Wildman–Crippen LogP) is 2.95. The van der Waals surface area contributed by atoms with Crippen molar-refractivity contribution in [2.24, 2.45) is 17.3 Å². The van der Waals surface area contributed by atoms with Crippen molar-refractivity contribution < 1.29 is 4.79 Å². The van der Waals surface area contributed by atoms with Crippen molar-refractivity contribution in [2.75, 3.05) is 0 Å². The summed E-state index contributed by atoms with van der Waals surface area (Å²) in [5.41, 5.74) is 1.47. The Morgan fingerprint density at radius 2 is 1.95 bits per heavy atom. The van der Waals surface area contributed by atoms with Crippen LogP contribution in [0.1, 0.15) is 20.8 Å². The van der Waals surface area contributed by atoms with E-state index in [9.17, 15) is 4.79 Å². The van der Waals surface area contributed by atoms with Crippen molar-refractivity contribution in [3.8, 4) is 0 Å². The van der Waals surface area contributed by atoms with Crippen LogP contribution in [0.2, 0.25) is 0 Å². The summed E-state index contributed by atoms with van der Waals surface area (Å²) < 4.78 is 1.39. The van der Waals surface area contributed by atoms with E-state index in [0.717, 1.165) is 4.46 Å². The van der Waals surface area contributed by atoms with E-state index in [2.05, 4.69) is 27.4 Å². The summed E-state index contributed by atoms with van der Waals surface area (Å²) >= 11 is -0.106.